The number of nitrogens with zero attached hydrogens (tertiary/aromatic N) is 4. The van der Waals surface area contributed by atoms with Gasteiger partial charge in [-0.2, -0.15) is 0 Å². The average Bonchev–Trinajstić information content (AvgIpc) is 2.75. The molecule has 0 aliphatic carbocycles. The Hall–Kier alpha value is -1.72. The summed E-state index contributed by atoms with van der Waals surface area (Å²) in [4.78, 5) is 2.46. The Kier molecular flexibility index (Phi) is 3.86. The van der Waals surface area contributed by atoms with Crippen molar-refractivity contribution < 1.29 is 0 Å². The summed E-state index contributed by atoms with van der Waals surface area (Å²) in [5.41, 5.74) is 2.22. The van der Waals surface area contributed by atoms with Crippen molar-refractivity contribution in [2.24, 2.45) is 0 Å². The molecule has 1 aromatic heterocycles. The summed E-state index contributed by atoms with van der Waals surface area (Å²) < 4.78 is 1.93. The molecule has 0 amide bonds. The van der Waals surface area contributed by atoms with E-state index in [1.807, 2.05) is 29.1 Å². The fraction of sp³-hybridized carbons (Fsp3) is 0.429. The van der Waals surface area contributed by atoms with E-state index in [0.29, 0.717) is 0 Å². The summed E-state index contributed by atoms with van der Waals surface area (Å²) in [5.74, 6) is 0. The van der Waals surface area contributed by atoms with Crippen LogP contribution < -0.4 is 5.32 Å². The molecule has 0 bridgehead atoms. The van der Waals surface area contributed by atoms with E-state index < -0.39 is 0 Å². The SMILES string of the molecule is c1ccc(-n2nncc2CN2CCCNCC2)cc1. The fourth-order valence-electron chi connectivity index (χ4n) is 2.44. The highest BCUT2D eigenvalue weighted by atomic mass is 15.4. The lowest BCUT2D eigenvalue weighted by atomic mass is 10.3. The van der Waals surface area contributed by atoms with Gasteiger partial charge in [0.25, 0.3) is 0 Å². The normalized spacial score (nSPS) is 17.3. The third-order valence-electron chi connectivity index (χ3n) is 3.44. The molecule has 1 fully saturated rings. The number of hydrogen-bond donors (Lipinski definition) is 1. The van der Waals surface area contributed by atoms with Crippen molar-refractivity contribution in [3.63, 3.8) is 0 Å². The second kappa shape index (κ2) is 5.95. The second-order valence-electron chi connectivity index (χ2n) is 4.85. The van der Waals surface area contributed by atoms with Gasteiger partial charge in [-0.25, -0.2) is 4.68 Å². The molecule has 0 atom stereocenters. The molecule has 2 heterocycles. The first-order valence-corrected chi connectivity index (χ1v) is 6.81. The maximum atomic E-state index is 4.20. The standard InChI is InChI=1S/C14H19N5/c1-2-5-13(6-3-1)19-14(11-16-17-19)12-18-9-4-7-15-8-10-18/h1-3,5-6,11,15H,4,7-10,12H2. The van der Waals surface area contributed by atoms with E-state index in [1.54, 1.807) is 0 Å². The van der Waals surface area contributed by atoms with Gasteiger partial charge in [-0.1, -0.05) is 23.4 Å². The van der Waals surface area contributed by atoms with Gasteiger partial charge in [-0.15, -0.1) is 5.10 Å². The smallest absolute Gasteiger partial charge is 0.0786 e. The Balaban J connectivity index is 1.76. The minimum Gasteiger partial charge on any atom is -0.315 e. The van der Waals surface area contributed by atoms with Crippen LogP contribution >= 0.6 is 0 Å². The number of para-hydroxylation sites is 1. The van der Waals surface area contributed by atoms with E-state index in [2.05, 4.69) is 32.7 Å². The van der Waals surface area contributed by atoms with Gasteiger partial charge in [0.15, 0.2) is 0 Å². The Morgan fingerprint density at radius 3 is 2.89 bits per heavy atom. The van der Waals surface area contributed by atoms with Gasteiger partial charge in [0.05, 0.1) is 17.6 Å². The summed E-state index contributed by atoms with van der Waals surface area (Å²) in [6.07, 6.45) is 3.07. The predicted octanol–water partition coefficient (Wildman–Crippen LogP) is 1.06. The fourth-order valence-corrected chi connectivity index (χ4v) is 2.44. The number of rotatable bonds is 3. The molecule has 2 aromatic rings. The van der Waals surface area contributed by atoms with Crippen molar-refractivity contribution in [3.05, 3.63) is 42.2 Å². The average molecular weight is 257 g/mol. The van der Waals surface area contributed by atoms with E-state index in [9.17, 15) is 0 Å². The first-order valence-electron chi connectivity index (χ1n) is 6.81. The largest absolute Gasteiger partial charge is 0.315 e. The van der Waals surface area contributed by atoms with E-state index >= 15 is 0 Å². The van der Waals surface area contributed by atoms with Gasteiger partial charge < -0.3 is 5.32 Å². The molecular formula is C14H19N5. The molecule has 1 aliphatic heterocycles. The topological polar surface area (TPSA) is 46.0 Å². The molecular weight excluding hydrogens is 238 g/mol. The molecule has 100 valence electrons. The summed E-state index contributed by atoms with van der Waals surface area (Å²) in [5, 5.41) is 11.7. The molecule has 0 saturated carbocycles. The Morgan fingerprint density at radius 2 is 2.00 bits per heavy atom. The predicted molar refractivity (Wildman–Crippen MR) is 74.1 cm³/mol. The van der Waals surface area contributed by atoms with Crippen molar-refractivity contribution >= 4 is 0 Å². The number of benzene rings is 1. The van der Waals surface area contributed by atoms with Crippen LogP contribution in [0.2, 0.25) is 0 Å². The molecule has 1 aliphatic rings. The van der Waals surface area contributed by atoms with E-state index in [4.69, 9.17) is 0 Å². The molecule has 5 heteroatoms. The molecule has 1 aromatic carbocycles. The van der Waals surface area contributed by atoms with Gasteiger partial charge >= 0.3 is 0 Å². The molecule has 1 N–H and O–H groups in total. The van der Waals surface area contributed by atoms with Gasteiger partial charge in [-0.05, 0) is 31.6 Å². The number of aromatic nitrogens is 3. The van der Waals surface area contributed by atoms with Gasteiger partial charge in [-0.3, -0.25) is 4.90 Å². The van der Waals surface area contributed by atoms with Crippen LogP contribution in [0.3, 0.4) is 0 Å². The zero-order valence-electron chi connectivity index (χ0n) is 11.0. The van der Waals surface area contributed by atoms with Crippen molar-refractivity contribution in [1.29, 1.82) is 0 Å². The lowest BCUT2D eigenvalue weighted by molar-refractivity contribution is 0.278. The third-order valence-corrected chi connectivity index (χ3v) is 3.44. The molecule has 0 radical (unpaired) electrons. The quantitative estimate of drug-likeness (QED) is 0.893. The second-order valence-corrected chi connectivity index (χ2v) is 4.85. The summed E-state index contributed by atoms with van der Waals surface area (Å²) >= 11 is 0. The summed E-state index contributed by atoms with van der Waals surface area (Å²) in [6.45, 7) is 5.30. The van der Waals surface area contributed by atoms with Crippen LogP contribution in [0.4, 0.5) is 0 Å². The van der Waals surface area contributed by atoms with Gasteiger partial charge in [0.1, 0.15) is 0 Å². The minimum absolute atomic E-state index is 0.906. The van der Waals surface area contributed by atoms with Crippen molar-refractivity contribution in [1.82, 2.24) is 25.2 Å². The van der Waals surface area contributed by atoms with Gasteiger partial charge in [0.2, 0.25) is 0 Å². The van der Waals surface area contributed by atoms with E-state index in [0.717, 1.165) is 44.1 Å². The highest BCUT2D eigenvalue weighted by Gasteiger charge is 2.13. The molecule has 0 unspecified atom stereocenters. The number of nitrogens with one attached hydrogen (secondary N) is 1. The number of hydrogen-bond acceptors (Lipinski definition) is 4. The zero-order valence-corrected chi connectivity index (χ0v) is 11.0. The Morgan fingerprint density at radius 1 is 1.11 bits per heavy atom. The van der Waals surface area contributed by atoms with Crippen LogP contribution in [-0.2, 0) is 6.54 Å². The highest BCUT2D eigenvalue weighted by molar-refractivity contribution is 5.31. The lowest BCUT2D eigenvalue weighted by Crippen LogP contribution is -2.28. The molecule has 5 nitrogen and oxygen atoms in total. The third kappa shape index (κ3) is 3.00. The summed E-state index contributed by atoms with van der Waals surface area (Å²) in [6, 6.07) is 10.2. The lowest BCUT2D eigenvalue weighted by Gasteiger charge is -2.19. The first kappa shape index (κ1) is 12.3. The van der Waals surface area contributed by atoms with E-state index in [-0.39, 0.29) is 0 Å². The monoisotopic (exact) mass is 257 g/mol. The maximum Gasteiger partial charge on any atom is 0.0786 e. The zero-order chi connectivity index (χ0) is 12.9. The minimum atomic E-state index is 0.906. The van der Waals surface area contributed by atoms with Crippen molar-refractivity contribution in [2.45, 2.75) is 13.0 Å². The first-order chi connectivity index (χ1) is 9.43. The van der Waals surface area contributed by atoms with Crippen LogP contribution in [0.5, 0.6) is 0 Å². The highest BCUT2D eigenvalue weighted by Crippen LogP contribution is 2.11. The molecule has 19 heavy (non-hydrogen) atoms. The van der Waals surface area contributed by atoms with Crippen LogP contribution in [0, 0.1) is 0 Å². The van der Waals surface area contributed by atoms with Crippen molar-refractivity contribution in [3.8, 4) is 5.69 Å². The molecule has 0 spiro atoms. The maximum absolute atomic E-state index is 4.20. The summed E-state index contributed by atoms with van der Waals surface area (Å²) in [7, 11) is 0. The molecule has 1 saturated heterocycles. The van der Waals surface area contributed by atoms with Crippen molar-refractivity contribution in [2.75, 3.05) is 26.2 Å². The van der Waals surface area contributed by atoms with Crippen LogP contribution in [0.15, 0.2) is 36.5 Å². The Labute approximate surface area is 113 Å². The van der Waals surface area contributed by atoms with Gasteiger partial charge in [0, 0.05) is 19.6 Å². The Bertz CT molecular complexity index is 500. The van der Waals surface area contributed by atoms with Crippen LogP contribution in [-0.4, -0.2) is 46.1 Å². The van der Waals surface area contributed by atoms with Crippen LogP contribution in [0.1, 0.15) is 12.1 Å². The van der Waals surface area contributed by atoms with E-state index in [1.165, 1.54) is 6.42 Å². The van der Waals surface area contributed by atoms with Crippen LogP contribution in [0.25, 0.3) is 5.69 Å². The molecule has 3 rings (SSSR count).